The van der Waals surface area contributed by atoms with Gasteiger partial charge in [-0.1, -0.05) is 65.7 Å². The Bertz CT molecular complexity index is 1160. The number of aromatic nitrogens is 2. The molecular formula is C22H18Cl2N3OS+. The number of amides is 1. The third-order valence-corrected chi connectivity index (χ3v) is 5.96. The van der Waals surface area contributed by atoms with Crippen LogP contribution in [-0.2, 0) is 11.3 Å². The second kappa shape index (κ2) is 8.91. The fourth-order valence-corrected chi connectivity index (χ4v) is 4.35. The number of carbonyl (C=O) groups is 1. The number of fused-ring (bicyclic) bond motifs is 1. The van der Waals surface area contributed by atoms with E-state index in [1.54, 1.807) is 18.2 Å². The van der Waals surface area contributed by atoms with Crippen LogP contribution in [0.25, 0.3) is 11.0 Å². The number of halogens is 2. The molecule has 1 amide bonds. The van der Waals surface area contributed by atoms with E-state index in [0.717, 1.165) is 22.7 Å². The smallest absolute Gasteiger partial charge is 0.317 e. The normalized spacial score (nSPS) is 11.0. The predicted octanol–water partition coefficient (Wildman–Crippen LogP) is 5.54. The minimum absolute atomic E-state index is 0.135. The van der Waals surface area contributed by atoms with Gasteiger partial charge >= 0.3 is 5.16 Å². The van der Waals surface area contributed by atoms with E-state index >= 15 is 0 Å². The Balaban J connectivity index is 1.52. The minimum atomic E-state index is -0.135. The molecule has 0 atom stereocenters. The lowest BCUT2D eigenvalue weighted by molar-refractivity contribution is -0.700. The number of carbonyl (C=O) groups excluding carboxylic acids is 1. The lowest BCUT2D eigenvalue weighted by atomic mass is 10.2. The molecule has 29 heavy (non-hydrogen) atoms. The molecule has 0 aliphatic carbocycles. The largest absolute Gasteiger partial charge is 0.324 e. The van der Waals surface area contributed by atoms with Gasteiger partial charge < -0.3 is 5.32 Å². The van der Waals surface area contributed by atoms with Crippen molar-refractivity contribution in [2.24, 2.45) is 0 Å². The zero-order valence-electron chi connectivity index (χ0n) is 15.4. The van der Waals surface area contributed by atoms with Gasteiger partial charge in [0.2, 0.25) is 5.91 Å². The number of benzene rings is 3. The van der Waals surface area contributed by atoms with Crippen molar-refractivity contribution in [3.63, 3.8) is 0 Å². The number of imidazole rings is 1. The average molecular weight is 443 g/mol. The number of hydrogen-bond acceptors (Lipinski definition) is 2. The Morgan fingerprint density at radius 3 is 2.55 bits per heavy atom. The van der Waals surface area contributed by atoms with Crippen LogP contribution in [0.3, 0.4) is 0 Å². The van der Waals surface area contributed by atoms with Gasteiger partial charge in [-0.05, 0) is 47.7 Å². The summed E-state index contributed by atoms with van der Waals surface area (Å²) < 4.78 is 2.19. The predicted molar refractivity (Wildman–Crippen MR) is 120 cm³/mol. The van der Waals surface area contributed by atoms with Crippen LogP contribution in [0.4, 0.5) is 5.69 Å². The number of hydrogen-bond donors (Lipinski definition) is 2. The number of thioether (sulfide) groups is 1. The van der Waals surface area contributed by atoms with Crippen molar-refractivity contribution < 1.29 is 9.36 Å². The summed E-state index contributed by atoms with van der Waals surface area (Å²) in [6.07, 6.45) is 0. The number of nitrogens with one attached hydrogen (secondary N) is 2. The van der Waals surface area contributed by atoms with Gasteiger partial charge in [0.25, 0.3) is 0 Å². The molecule has 4 nitrogen and oxygen atoms in total. The van der Waals surface area contributed by atoms with Crippen LogP contribution in [0.15, 0.2) is 78.0 Å². The van der Waals surface area contributed by atoms with E-state index < -0.39 is 0 Å². The summed E-state index contributed by atoms with van der Waals surface area (Å²) in [5, 5.41) is 4.71. The Morgan fingerprint density at radius 1 is 1.00 bits per heavy atom. The Labute approximate surface area is 182 Å². The fraction of sp³-hybridized carbons (Fsp3) is 0.0909. The van der Waals surface area contributed by atoms with E-state index in [4.69, 9.17) is 23.2 Å². The summed E-state index contributed by atoms with van der Waals surface area (Å²) >= 11 is 13.5. The molecule has 1 heterocycles. The summed E-state index contributed by atoms with van der Waals surface area (Å²) in [7, 11) is 0. The molecule has 0 saturated heterocycles. The van der Waals surface area contributed by atoms with Gasteiger partial charge in [0.05, 0.1) is 16.5 Å². The van der Waals surface area contributed by atoms with Crippen LogP contribution in [0, 0.1) is 0 Å². The number of rotatable bonds is 6. The van der Waals surface area contributed by atoms with Gasteiger partial charge in [-0.15, -0.1) is 0 Å². The maximum absolute atomic E-state index is 12.5. The highest BCUT2D eigenvalue weighted by atomic mass is 35.5. The first kappa shape index (κ1) is 19.8. The molecule has 0 bridgehead atoms. The van der Waals surface area contributed by atoms with Gasteiger partial charge in [0.1, 0.15) is 6.54 Å². The van der Waals surface area contributed by atoms with Crippen molar-refractivity contribution in [3.05, 3.63) is 88.4 Å². The first-order chi connectivity index (χ1) is 14.1. The summed E-state index contributed by atoms with van der Waals surface area (Å²) in [6.45, 7) is 0.720. The third-order valence-electron chi connectivity index (χ3n) is 4.41. The first-order valence-corrected chi connectivity index (χ1v) is 10.8. The van der Waals surface area contributed by atoms with Crippen molar-refractivity contribution in [3.8, 4) is 0 Å². The molecule has 3 aromatic carbocycles. The van der Waals surface area contributed by atoms with Crippen molar-refractivity contribution >= 4 is 57.6 Å². The van der Waals surface area contributed by atoms with Crippen molar-refractivity contribution in [1.29, 1.82) is 0 Å². The number of anilines is 1. The Morgan fingerprint density at radius 2 is 1.76 bits per heavy atom. The van der Waals surface area contributed by atoms with Gasteiger partial charge in [-0.2, -0.15) is 0 Å². The molecule has 1 aromatic heterocycles. The van der Waals surface area contributed by atoms with E-state index in [1.807, 2.05) is 36.4 Å². The second-order valence-corrected chi connectivity index (χ2v) is 8.29. The van der Waals surface area contributed by atoms with Crippen molar-refractivity contribution in [2.45, 2.75) is 11.7 Å². The summed E-state index contributed by atoms with van der Waals surface area (Å²) in [6, 6.07) is 23.4. The lowest BCUT2D eigenvalue weighted by Crippen LogP contribution is -2.35. The van der Waals surface area contributed by atoms with Gasteiger partial charge in [-0.25, -0.2) is 9.55 Å². The Hall–Kier alpha value is -2.47. The maximum atomic E-state index is 12.5. The Kier molecular flexibility index (Phi) is 6.09. The molecule has 2 N–H and O–H groups in total. The van der Waals surface area contributed by atoms with E-state index in [1.165, 1.54) is 17.3 Å². The number of para-hydroxylation sites is 2. The quantitative estimate of drug-likeness (QED) is 0.304. The zero-order valence-corrected chi connectivity index (χ0v) is 17.7. The molecule has 0 radical (unpaired) electrons. The molecule has 0 spiro atoms. The molecule has 4 rings (SSSR count). The van der Waals surface area contributed by atoms with E-state index in [-0.39, 0.29) is 11.7 Å². The molecule has 0 fully saturated rings. The minimum Gasteiger partial charge on any atom is -0.324 e. The van der Waals surface area contributed by atoms with Crippen LogP contribution in [0.1, 0.15) is 5.56 Å². The number of H-pyrrole nitrogens is 1. The second-order valence-electron chi connectivity index (χ2n) is 6.48. The highest BCUT2D eigenvalue weighted by Crippen LogP contribution is 2.26. The van der Waals surface area contributed by atoms with Crippen molar-refractivity contribution in [1.82, 2.24) is 4.98 Å². The average Bonchev–Trinajstić information content (AvgIpc) is 3.07. The highest BCUT2D eigenvalue weighted by molar-refractivity contribution is 7.99. The van der Waals surface area contributed by atoms with Gasteiger partial charge in [0, 0.05) is 5.02 Å². The third kappa shape index (κ3) is 4.75. The van der Waals surface area contributed by atoms with E-state index in [0.29, 0.717) is 15.7 Å². The molecular weight excluding hydrogens is 425 g/mol. The first-order valence-electron chi connectivity index (χ1n) is 9.02. The maximum Gasteiger partial charge on any atom is 0.317 e. The van der Waals surface area contributed by atoms with Crippen LogP contribution in [0.2, 0.25) is 10.0 Å². The number of nitrogens with zero attached hydrogens (tertiary/aromatic N) is 1. The summed E-state index contributed by atoms with van der Waals surface area (Å²) in [5.41, 5.74) is 3.88. The zero-order chi connectivity index (χ0) is 20.2. The van der Waals surface area contributed by atoms with Crippen LogP contribution in [-0.4, -0.2) is 16.6 Å². The van der Waals surface area contributed by atoms with Gasteiger partial charge in [-0.3, -0.25) is 4.79 Å². The van der Waals surface area contributed by atoms with E-state index in [9.17, 15) is 4.79 Å². The molecule has 0 aliphatic rings. The molecule has 146 valence electrons. The summed E-state index contributed by atoms with van der Waals surface area (Å²) in [4.78, 5) is 15.9. The fourth-order valence-electron chi connectivity index (χ4n) is 3.05. The van der Waals surface area contributed by atoms with Crippen LogP contribution in [0.5, 0.6) is 0 Å². The number of aromatic amines is 1. The van der Waals surface area contributed by atoms with E-state index in [2.05, 4.69) is 33.1 Å². The van der Waals surface area contributed by atoms with Crippen molar-refractivity contribution in [2.75, 3.05) is 11.1 Å². The van der Waals surface area contributed by atoms with Gasteiger partial charge in [0.15, 0.2) is 11.0 Å². The molecule has 7 heteroatoms. The molecule has 0 aliphatic heterocycles. The monoisotopic (exact) mass is 442 g/mol. The summed E-state index contributed by atoms with van der Waals surface area (Å²) in [5.74, 6) is 0.116. The SMILES string of the molecule is O=C(CSc1[nH]c2ccccc2[n+]1Cc1ccccc1)Nc1ccc(Cl)cc1Cl. The molecule has 0 unspecified atom stereocenters. The molecule has 0 saturated carbocycles. The van der Waals surface area contributed by atoms with Crippen LogP contribution >= 0.6 is 35.0 Å². The highest BCUT2D eigenvalue weighted by Gasteiger charge is 2.20. The van der Waals surface area contributed by atoms with Crippen LogP contribution < -0.4 is 9.88 Å². The standard InChI is InChI=1S/C22H17Cl2N3OS/c23-16-10-11-18(17(24)12-16)25-21(28)14-29-22-26-19-8-4-5-9-20(19)27(22)13-15-6-2-1-3-7-15/h1-12H,13-14H2,(H,25,28)/p+1. The molecule has 4 aromatic rings. The lowest BCUT2D eigenvalue weighted by Gasteiger charge is -2.07. The topological polar surface area (TPSA) is 48.8 Å².